The zero-order valence-electron chi connectivity index (χ0n) is 16.2. The van der Waals surface area contributed by atoms with Gasteiger partial charge >= 0.3 is 5.56 Å². The van der Waals surface area contributed by atoms with Crippen molar-refractivity contribution in [3.05, 3.63) is 45.8 Å². The zero-order chi connectivity index (χ0) is 20.6. The molecule has 2 heterocycles. The summed E-state index contributed by atoms with van der Waals surface area (Å²) in [5.74, 6) is 0.275. The number of benzene rings is 1. The summed E-state index contributed by atoms with van der Waals surface area (Å²) in [5, 5.41) is 4.64. The van der Waals surface area contributed by atoms with Crippen LogP contribution in [0.25, 0.3) is 5.69 Å². The minimum absolute atomic E-state index is 0.120. The molecule has 1 saturated heterocycles. The Kier molecular flexibility index (Phi) is 5.68. The molecule has 4 rings (SSSR count). The van der Waals surface area contributed by atoms with Gasteiger partial charge in [-0.05, 0) is 43.9 Å². The molecule has 29 heavy (non-hydrogen) atoms. The Bertz CT molecular complexity index is 984. The summed E-state index contributed by atoms with van der Waals surface area (Å²) >= 11 is 4.26. The Hall–Kier alpha value is -1.90. The van der Waals surface area contributed by atoms with Crippen molar-refractivity contribution in [2.24, 2.45) is 5.41 Å². The maximum Gasteiger partial charge on any atom is 0.316 e. The van der Waals surface area contributed by atoms with Crippen molar-refractivity contribution < 1.29 is 13.5 Å². The van der Waals surface area contributed by atoms with E-state index in [1.807, 2.05) is 4.90 Å². The Morgan fingerprint density at radius 3 is 2.69 bits per heavy atom. The second kappa shape index (κ2) is 8.08. The molecule has 1 aliphatic heterocycles. The molecule has 1 aromatic carbocycles. The highest BCUT2D eigenvalue weighted by Gasteiger charge is 2.39. The highest BCUT2D eigenvalue weighted by atomic mass is 35.5. The van der Waals surface area contributed by atoms with E-state index in [4.69, 9.17) is 16.3 Å². The fourth-order valence-electron chi connectivity index (χ4n) is 3.48. The second-order valence-electron chi connectivity index (χ2n) is 8.12. The molecule has 0 radical (unpaired) electrons. The molecule has 156 valence electrons. The predicted molar refractivity (Wildman–Crippen MR) is 114 cm³/mol. The molecule has 0 amide bonds. The van der Waals surface area contributed by atoms with Crippen molar-refractivity contribution in [3.8, 4) is 11.4 Å². The Labute approximate surface area is 176 Å². The van der Waals surface area contributed by atoms with Crippen LogP contribution in [0, 0.1) is 5.41 Å². The average Bonchev–Trinajstić information content (AvgIpc) is 3.44. The molecule has 1 N–H and O–H groups in total. The first-order valence-corrected chi connectivity index (χ1v) is 11.3. The van der Waals surface area contributed by atoms with Gasteiger partial charge in [0.25, 0.3) is 0 Å². The maximum atomic E-state index is 13.3. The summed E-state index contributed by atoms with van der Waals surface area (Å²) in [7, 11) is 0. The van der Waals surface area contributed by atoms with Crippen LogP contribution in [0.5, 0.6) is 5.75 Å². The monoisotopic (exact) mass is 437 g/mol. The number of nitrogens with zero attached hydrogens (tertiary/aromatic N) is 3. The Morgan fingerprint density at radius 1 is 1.34 bits per heavy atom. The molecule has 7 nitrogen and oxygen atoms in total. The molecule has 2 aliphatic rings. The van der Waals surface area contributed by atoms with E-state index in [1.165, 1.54) is 4.68 Å². The molecule has 1 aliphatic carbocycles. The van der Waals surface area contributed by atoms with Crippen LogP contribution in [-0.4, -0.2) is 43.5 Å². The van der Waals surface area contributed by atoms with Gasteiger partial charge in [0.1, 0.15) is 5.69 Å². The number of anilines is 1. The first-order chi connectivity index (χ1) is 13.9. The lowest BCUT2D eigenvalue weighted by Gasteiger charge is -2.32. The highest BCUT2D eigenvalue weighted by Crippen LogP contribution is 2.45. The molecule has 0 bridgehead atoms. The lowest BCUT2D eigenvalue weighted by molar-refractivity contribution is 0.243. The average molecular weight is 438 g/mol. The number of hydrogen-bond acceptors (Lipinski definition) is 5. The van der Waals surface area contributed by atoms with Crippen LogP contribution in [0.15, 0.2) is 35.3 Å². The summed E-state index contributed by atoms with van der Waals surface area (Å²) < 4.78 is 28.1. The normalized spacial score (nSPS) is 19.8. The van der Waals surface area contributed by atoms with E-state index in [2.05, 4.69) is 12.0 Å². The van der Waals surface area contributed by atoms with Crippen molar-refractivity contribution >= 4 is 28.4 Å². The van der Waals surface area contributed by atoms with Crippen molar-refractivity contribution in [2.75, 3.05) is 24.6 Å². The van der Waals surface area contributed by atoms with Crippen molar-refractivity contribution in [1.82, 2.24) is 9.78 Å². The molecule has 1 saturated carbocycles. The minimum atomic E-state index is -1.82. The van der Waals surface area contributed by atoms with Gasteiger partial charge in [0.05, 0.1) is 23.7 Å². The smallest absolute Gasteiger partial charge is 0.316 e. The van der Waals surface area contributed by atoms with Crippen LogP contribution in [0.3, 0.4) is 0 Å². The molecule has 2 aromatic rings. The number of rotatable bonds is 6. The molecule has 1 unspecified atom stereocenters. The zero-order valence-corrected chi connectivity index (χ0v) is 17.8. The summed E-state index contributed by atoms with van der Waals surface area (Å²) in [6, 6.07) is 6.97. The molecular weight excluding hydrogens is 414 g/mol. The molecule has 0 spiro atoms. The van der Waals surface area contributed by atoms with Gasteiger partial charge in [-0.1, -0.05) is 24.6 Å². The fraction of sp³-hybridized carbons (Fsp3) is 0.500. The van der Waals surface area contributed by atoms with Crippen LogP contribution in [-0.2, 0) is 11.1 Å². The van der Waals surface area contributed by atoms with Crippen LogP contribution >= 0.6 is 11.6 Å². The van der Waals surface area contributed by atoms with E-state index >= 15 is 0 Å². The molecule has 1 aromatic heterocycles. The second-order valence-corrected chi connectivity index (χ2v) is 9.77. The third-order valence-electron chi connectivity index (χ3n) is 5.70. The van der Waals surface area contributed by atoms with E-state index in [1.54, 1.807) is 30.5 Å². The standard InChI is InChI=1S/C20H24ClN3O4S/c1-20(7-8-20)13-28-18-17(23-9-5-16(6-10-23)29(26)27)12-22-24(19(18)25)15-4-2-3-14(21)11-15/h2-4,11-12,16H,5-10,13H2,1H3,(H,26,27). The summed E-state index contributed by atoms with van der Waals surface area (Å²) in [6.45, 7) is 3.77. The van der Waals surface area contributed by atoms with Crippen LogP contribution < -0.4 is 15.2 Å². The van der Waals surface area contributed by atoms with E-state index in [9.17, 15) is 13.6 Å². The van der Waals surface area contributed by atoms with Gasteiger partial charge in [0.2, 0.25) is 5.75 Å². The SMILES string of the molecule is CC1(COc2c(N3CCC(S(=O)O)CC3)cnn(-c3cccc(Cl)c3)c2=O)CC1. The van der Waals surface area contributed by atoms with Crippen molar-refractivity contribution in [1.29, 1.82) is 0 Å². The first kappa shape index (κ1) is 20.4. The van der Waals surface area contributed by atoms with Gasteiger partial charge in [-0.15, -0.1) is 0 Å². The maximum absolute atomic E-state index is 13.3. The van der Waals surface area contributed by atoms with Crippen molar-refractivity contribution in [3.63, 3.8) is 0 Å². The number of aromatic nitrogens is 2. The van der Waals surface area contributed by atoms with E-state index in [0.29, 0.717) is 48.9 Å². The summed E-state index contributed by atoms with van der Waals surface area (Å²) in [5.41, 5.74) is 1.00. The van der Waals surface area contributed by atoms with Gasteiger partial charge in [-0.25, -0.2) is 4.21 Å². The lowest BCUT2D eigenvalue weighted by atomic mass is 10.1. The van der Waals surface area contributed by atoms with Gasteiger partial charge in [0.15, 0.2) is 11.1 Å². The summed E-state index contributed by atoms with van der Waals surface area (Å²) in [4.78, 5) is 15.3. The molecule has 1 atom stereocenters. The van der Waals surface area contributed by atoms with Crippen molar-refractivity contribution in [2.45, 2.75) is 37.9 Å². The number of halogens is 1. The van der Waals surface area contributed by atoms with Gasteiger partial charge in [-0.3, -0.25) is 4.79 Å². The molecular formula is C20H24ClN3O4S. The van der Waals surface area contributed by atoms with E-state index in [0.717, 1.165) is 12.8 Å². The molecule has 9 heteroatoms. The van der Waals surface area contributed by atoms with Crippen LogP contribution in [0.4, 0.5) is 5.69 Å². The fourth-order valence-corrected chi connectivity index (χ4v) is 4.28. The summed E-state index contributed by atoms with van der Waals surface area (Å²) in [6.07, 6.45) is 4.98. The van der Waals surface area contributed by atoms with Gasteiger partial charge in [-0.2, -0.15) is 9.78 Å². The highest BCUT2D eigenvalue weighted by molar-refractivity contribution is 7.79. The van der Waals surface area contributed by atoms with E-state index < -0.39 is 11.1 Å². The largest absolute Gasteiger partial charge is 0.486 e. The number of ether oxygens (including phenoxy) is 1. The number of hydrogen-bond donors (Lipinski definition) is 1. The third-order valence-corrected chi connectivity index (χ3v) is 6.98. The van der Waals surface area contributed by atoms with Crippen LogP contribution in [0.1, 0.15) is 32.6 Å². The minimum Gasteiger partial charge on any atom is -0.486 e. The first-order valence-electron chi connectivity index (χ1n) is 9.72. The topological polar surface area (TPSA) is 84.7 Å². The molecule has 2 fully saturated rings. The Balaban J connectivity index is 1.68. The third kappa shape index (κ3) is 4.49. The van der Waals surface area contributed by atoms with Gasteiger partial charge < -0.3 is 14.2 Å². The Morgan fingerprint density at radius 2 is 2.07 bits per heavy atom. The lowest BCUT2D eigenvalue weighted by Crippen LogP contribution is -2.39. The van der Waals surface area contributed by atoms with Gasteiger partial charge in [0, 0.05) is 23.5 Å². The predicted octanol–water partition coefficient (Wildman–Crippen LogP) is 3.26. The van der Waals surface area contributed by atoms with Crippen LogP contribution in [0.2, 0.25) is 5.02 Å². The van der Waals surface area contributed by atoms with E-state index in [-0.39, 0.29) is 22.0 Å². The number of piperidine rings is 1. The quantitative estimate of drug-likeness (QED) is 0.698.